The Morgan fingerprint density at radius 2 is 1.83 bits per heavy atom. The number of benzene rings is 1. The molecule has 0 bridgehead atoms. The molecule has 0 aliphatic carbocycles. The summed E-state index contributed by atoms with van der Waals surface area (Å²) in [5, 5.41) is 0. The predicted molar refractivity (Wildman–Crippen MR) is 118 cm³/mol. The highest BCUT2D eigenvalue weighted by Crippen LogP contribution is 2.27. The quantitative estimate of drug-likeness (QED) is 0.335. The van der Waals surface area contributed by atoms with E-state index < -0.39 is 5.97 Å². The minimum Gasteiger partial charge on any atom is -0.462 e. The first kappa shape index (κ1) is 24.4. The van der Waals surface area contributed by atoms with Gasteiger partial charge in [-0.3, -0.25) is 4.79 Å². The van der Waals surface area contributed by atoms with Crippen LogP contribution in [0.5, 0.6) is 0 Å². The first-order valence-electron chi connectivity index (χ1n) is 10.0. The minimum absolute atomic E-state index is 0.0712. The van der Waals surface area contributed by atoms with Gasteiger partial charge in [-0.1, -0.05) is 29.4 Å². The Labute approximate surface area is 174 Å². The molecule has 1 aromatic rings. The second-order valence-electron chi connectivity index (χ2n) is 6.97. The monoisotopic (exact) mass is 402 g/mol. The highest BCUT2D eigenvalue weighted by Gasteiger charge is 2.24. The summed E-state index contributed by atoms with van der Waals surface area (Å²) in [5.74, 6) is -0.782. The summed E-state index contributed by atoms with van der Waals surface area (Å²) in [5.41, 5.74) is 9.41. The number of nitrogens with two attached hydrogens (primary N) is 1. The molecule has 0 unspecified atom stereocenters. The summed E-state index contributed by atoms with van der Waals surface area (Å²) in [6.07, 6.45) is 6.04. The summed E-state index contributed by atoms with van der Waals surface area (Å²) in [6, 6.07) is 5.06. The van der Waals surface area contributed by atoms with Crippen molar-refractivity contribution in [2.24, 2.45) is 0 Å². The fraction of sp³-hybridized carbons (Fsp3) is 0.478. The van der Waals surface area contributed by atoms with E-state index in [4.69, 9.17) is 15.2 Å². The summed E-state index contributed by atoms with van der Waals surface area (Å²) >= 11 is 0. The molecular weight excluding hydrogens is 368 g/mol. The zero-order valence-electron chi connectivity index (χ0n) is 18.3. The van der Waals surface area contributed by atoms with Gasteiger partial charge in [0, 0.05) is 18.8 Å². The Hall–Kier alpha value is -2.60. The lowest BCUT2D eigenvalue weighted by Crippen LogP contribution is -2.36. The zero-order chi connectivity index (χ0) is 21.8. The molecule has 0 heterocycles. The molecule has 0 spiro atoms. The number of hydrogen-bond donors (Lipinski definition) is 1. The fourth-order valence-electron chi connectivity index (χ4n) is 2.75. The van der Waals surface area contributed by atoms with E-state index in [1.165, 1.54) is 16.0 Å². The smallest absolute Gasteiger partial charge is 0.342 e. The van der Waals surface area contributed by atoms with E-state index in [1.807, 2.05) is 19.9 Å². The first-order chi connectivity index (χ1) is 13.8. The minimum atomic E-state index is -0.543. The van der Waals surface area contributed by atoms with E-state index in [0.29, 0.717) is 18.8 Å². The number of nitrogen functional groups attached to an aromatic ring is 1. The van der Waals surface area contributed by atoms with Gasteiger partial charge in [0.1, 0.15) is 12.2 Å². The van der Waals surface area contributed by atoms with Gasteiger partial charge in [0.15, 0.2) is 0 Å². The summed E-state index contributed by atoms with van der Waals surface area (Å²) < 4.78 is 10.5. The Kier molecular flexibility index (Phi) is 10.8. The van der Waals surface area contributed by atoms with Gasteiger partial charge in [-0.25, -0.2) is 4.79 Å². The average Bonchev–Trinajstić information content (AvgIpc) is 2.66. The fourth-order valence-corrected chi connectivity index (χ4v) is 2.75. The molecular formula is C23H34N2O4. The Balaban J connectivity index is 3.20. The molecule has 2 N–H and O–H groups in total. The second-order valence-corrected chi connectivity index (χ2v) is 6.97. The normalized spacial score (nSPS) is 11.1. The lowest BCUT2D eigenvalue weighted by atomic mass is 10.1. The number of allylic oxidation sites excluding steroid dienone is 3. The predicted octanol–water partition coefficient (Wildman–Crippen LogP) is 4.51. The van der Waals surface area contributed by atoms with Crippen LogP contribution in [0.1, 0.15) is 57.8 Å². The van der Waals surface area contributed by atoms with E-state index in [9.17, 15) is 9.59 Å². The number of carbonyl (C=O) groups excluding carboxylic acids is 2. The highest BCUT2D eigenvalue weighted by molar-refractivity contribution is 6.06. The molecule has 0 aliphatic heterocycles. The standard InChI is InChI=1S/C23H34N2O4/c1-6-28-16-21(26)25(15-14-18(5)11-8-10-17(3)4)20-13-9-12-19(24)22(20)23(27)29-7-2/h9-10,12-14H,6-8,11,15-16,24H2,1-5H3/b18-14+. The zero-order valence-corrected chi connectivity index (χ0v) is 18.3. The van der Waals surface area contributed by atoms with E-state index in [2.05, 4.69) is 19.9 Å². The van der Waals surface area contributed by atoms with Crippen LogP contribution in [0.3, 0.4) is 0 Å². The molecule has 0 saturated heterocycles. The van der Waals surface area contributed by atoms with Crippen LogP contribution in [0.4, 0.5) is 11.4 Å². The van der Waals surface area contributed by atoms with Crippen molar-refractivity contribution in [2.45, 2.75) is 47.5 Å². The topological polar surface area (TPSA) is 81.9 Å². The SMILES string of the molecule is CCOCC(=O)N(C/C=C(\C)CCC=C(C)C)c1cccc(N)c1C(=O)OCC. The Morgan fingerprint density at radius 1 is 1.10 bits per heavy atom. The molecule has 0 aliphatic rings. The van der Waals surface area contributed by atoms with Crippen LogP contribution in [0.2, 0.25) is 0 Å². The molecule has 6 heteroatoms. The van der Waals surface area contributed by atoms with E-state index in [1.54, 1.807) is 25.1 Å². The van der Waals surface area contributed by atoms with Crippen LogP contribution < -0.4 is 10.6 Å². The van der Waals surface area contributed by atoms with Gasteiger partial charge in [0.25, 0.3) is 5.91 Å². The number of hydrogen-bond acceptors (Lipinski definition) is 5. The molecule has 0 fully saturated rings. The van der Waals surface area contributed by atoms with Crippen LogP contribution in [0.25, 0.3) is 0 Å². The van der Waals surface area contributed by atoms with Crippen molar-refractivity contribution in [2.75, 3.05) is 37.0 Å². The Morgan fingerprint density at radius 3 is 2.45 bits per heavy atom. The number of ether oxygens (including phenoxy) is 2. The van der Waals surface area contributed by atoms with Gasteiger partial charge in [0.2, 0.25) is 0 Å². The Bertz CT molecular complexity index is 749. The molecule has 29 heavy (non-hydrogen) atoms. The molecule has 0 atom stereocenters. The van der Waals surface area contributed by atoms with Crippen molar-refractivity contribution in [1.29, 1.82) is 0 Å². The molecule has 1 aromatic carbocycles. The summed E-state index contributed by atoms with van der Waals surface area (Å²) in [7, 11) is 0. The van der Waals surface area contributed by atoms with Gasteiger partial charge in [-0.05, 0) is 59.6 Å². The van der Waals surface area contributed by atoms with Crippen LogP contribution in [-0.4, -0.2) is 38.2 Å². The van der Waals surface area contributed by atoms with Gasteiger partial charge in [0.05, 0.1) is 12.3 Å². The molecule has 0 radical (unpaired) electrons. The molecule has 0 saturated carbocycles. The first-order valence-corrected chi connectivity index (χ1v) is 10.0. The molecule has 1 rings (SSSR count). The number of anilines is 2. The average molecular weight is 403 g/mol. The third-order valence-electron chi connectivity index (χ3n) is 4.29. The maximum Gasteiger partial charge on any atom is 0.342 e. The van der Waals surface area contributed by atoms with Crippen LogP contribution in [0, 0.1) is 0 Å². The molecule has 160 valence electrons. The third kappa shape index (κ3) is 8.11. The van der Waals surface area contributed by atoms with Crippen molar-refractivity contribution in [3.8, 4) is 0 Å². The van der Waals surface area contributed by atoms with E-state index >= 15 is 0 Å². The van der Waals surface area contributed by atoms with Gasteiger partial charge in [-0.2, -0.15) is 0 Å². The number of rotatable bonds is 11. The highest BCUT2D eigenvalue weighted by atomic mass is 16.5. The summed E-state index contributed by atoms with van der Waals surface area (Å²) in [6.45, 7) is 10.6. The third-order valence-corrected chi connectivity index (χ3v) is 4.29. The van der Waals surface area contributed by atoms with Gasteiger partial charge < -0.3 is 20.1 Å². The number of nitrogens with zero attached hydrogens (tertiary/aromatic N) is 1. The van der Waals surface area contributed by atoms with Crippen molar-refractivity contribution in [3.05, 3.63) is 47.1 Å². The largest absolute Gasteiger partial charge is 0.462 e. The van der Waals surface area contributed by atoms with Gasteiger partial charge >= 0.3 is 5.97 Å². The van der Waals surface area contributed by atoms with Crippen molar-refractivity contribution in [3.63, 3.8) is 0 Å². The van der Waals surface area contributed by atoms with Crippen molar-refractivity contribution in [1.82, 2.24) is 0 Å². The number of amides is 1. The van der Waals surface area contributed by atoms with Crippen LogP contribution in [0.15, 0.2) is 41.5 Å². The summed E-state index contributed by atoms with van der Waals surface area (Å²) in [4.78, 5) is 26.8. The molecule has 1 amide bonds. The van der Waals surface area contributed by atoms with Gasteiger partial charge in [-0.15, -0.1) is 0 Å². The van der Waals surface area contributed by atoms with Crippen molar-refractivity contribution >= 4 is 23.3 Å². The lowest BCUT2D eigenvalue weighted by molar-refractivity contribution is -0.122. The van der Waals surface area contributed by atoms with Crippen LogP contribution >= 0.6 is 0 Å². The van der Waals surface area contributed by atoms with Crippen LogP contribution in [-0.2, 0) is 14.3 Å². The maximum absolute atomic E-state index is 12.8. The number of esters is 1. The van der Waals surface area contributed by atoms with E-state index in [0.717, 1.165) is 12.8 Å². The second kappa shape index (κ2) is 12.8. The van der Waals surface area contributed by atoms with E-state index in [-0.39, 0.29) is 30.4 Å². The molecule has 6 nitrogen and oxygen atoms in total. The lowest BCUT2D eigenvalue weighted by Gasteiger charge is -2.24. The molecule has 0 aromatic heterocycles. The van der Waals surface area contributed by atoms with Crippen molar-refractivity contribution < 1.29 is 19.1 Å². The maximum atomic E-state index is 12.8. The number of carbonyl (C=O) groups is 2.